The van der Waals surface area contributed by atoms with Crippen LogP contribution in [-0.4, -0.2) is 11.8 Å². The van der Waals surface area contributed by atoms with Crippen molar-refractivity contribution in [3.63, 3.8) is 0 Å². The molecule has 2 amide bonds. The average Bonchev–Trinajstić information content (AvgIpc) is 2.26. The predicted octanol–water partition coefficient (Wildman–Crippen LogP) is -0.568. The quantitative estimate of drug-likeness (QED) is 0.265. The molecule has 1 rings (SSSR count). The van der Waals surface area contributed by atoms with Gasteiger partial charge in [0.15, 0.2) is 0 Å². The summed E-state index contributed by atoms with van der Waals surface area (Å²) in [5.74, 6) is 2.64. The van der Waals surface area contributed by atoms with Gasteiger partial charge in [0.1, 0.15) is 5.82 Å². The Kier molecular flexibility index (Phi) is 3.75. The van der Waals surface area contributed by atoms with Gasteiger partial charge < -0.3 is 5.32 Å². The molecule has 0 bridgehead atoms. The highest BCUT2D eigenvalue weighted by molar-refractivity contribution is 6.34. The van der Waals surface area contributed by atoms with Crippen molar-refractivity contribution in [3.05, 3.63) is 35.6 Å². The zero-order valence-electron chi connectivity index (χ0n) is 7.79. The monoisotopic (exact) mass is 211 g/mol. The van der Waals surface area contributed by atoms with Gasteiger partial charge in [0.25, 0.3) is 0 Å². The normalized spacial score (nSPS) is 9.47. The number of carbonyl (C=O) groups is 2. The lowest BCUT2D eigenvalue weighted by Crippen LogP contribution is -2.42. The van der Waals surface area contributed by atoms with Crippen LogP contribution in [-0.2, 0) is 16.1 Å². The lowest BCUT2D eigenvalue weighted by molar-refractivity contribution is -0.139. The van der Waals surface area contributed by atoms with E-state index in [0.29, 0.717) is 5.56 Å². The SMILES string of the molecule is NNC(=O)C(=O)NCc1ccc(F)cc1. The molecule has 0 aliphatic rings. The third kappa shape index (κ3) is 3.35. The third-order valence-corrected chi connectivity index (χ3v) is 1.70. The van der Waals surface area contributed by atoms with Crippen LogP contribution in [0.4, 0.5) is 4.39 Å². The van der Waals surface area contributed by atoms with Gasteiger partial charge in [-0.3, -0.25) is 15.0 Å². The number of benzene rings is 1. The Morgan fingerprint density at radius 2 is 1.80 bits per heavy atom. The van der Waals surface area contributed by atoms with Crippen molar-refractivity contribution in [2.24, 2.45) is 5.84 Å². The molecular weight excluding hydrogens is 201 g/mol. The number of rotatable bonds is 2. The van der Waals surface area contributed by atoms with Crippen LogP contribution in [0, 0.1) is 5.82 Å². The molecule has 0 heterocycles. The second-order valence-electron chi connectivity index (χ2n) is 2.78. The van der Waals surface area contributed by atoms with E-state index in [1.54, 1.807) is 5.43 Å². The van der Waals surface area contributed by atoms with Crippen LogP contribution >= 0.6 is 0 Å². The van der Waals surface area contributed by atoms with Crippen LogP contribution in [0.5, 0.6) is 0 Å². The summed E-state index contributed by atoms with van der Waals surface area (Å²) in [7, 11) is 0. The van der Waals surface area contributed by atoms with Crippen molar-refractivity contribution in [3.8, 4) is 0 Å². The molecule has 0 aliphatic heterocycles. The van der Waals surface area contributed by atoms with Crippen LogP contribution in [0.2, 0.25) is 0 Å². The summed E-state index contributed by atoms with van der Waals surface area (Å²) in [6.45, 7) is 0.145. The Hall–Kier alpha value is -1.95. The van der Waals surface area contributed by atoms with Gasteiger partial charge in [0.2, 0.25) is 0 Å². The smallest absolute Gasteiger partial charge is 0.323 e. The number of hydrazine groups is 1. The third-order valence-electron chi connectivity index (χ3n) is 1.70. The van der Waals surface area contributed by atoms with E-state index >= 15 is 0 Å². The van der Waals surface area contributed by atoms with E-state index in [9.17, 15) is 14.0 Å². The second kappa shape index (κ2) is 5.06. The molecule has 15 heavy (non-hydrogen) atoms. The van der Waals surface area contributed by atoms with Crippen LogP contribution in [0.15, 0.2) is 24.3 Å². The molecular formula is C9H10FN3O2. The first-order valence-electron chi connectivity index (χ1n) is 4.16. The fourth-order valence-corrected chi connectivity index (χ4v) is 0.930. The average molecular weight is 211 g/mol. The van der Waals surface area contributed by atoms with E-state index in [0.717, 1.165) is 0 Å². The highest BCUT2D eigenvalue weighted by Gasteiger charge is 2.10. The Balaban J connectivity index is 2.47. The lowest BCUT2D eigenvalue weighted by atomic mass is 10.2. The highest BCUT2D eigenvalue weighted by Crippen LogP contribution is 2.01. The zero-order valence-corrected chi connectivity index (χ0v) is 7.79. The molecule has 0 spiro atoms. The fraction of sp³-hybridized carbons (Fsp3) is 0.111. The molecule has 1 aromatic rings. The summed E-state index contributed by atoms with van der Waals surface area (Å²) >= 11 is 0. The van der Waals surface area contributed by atoms with Gasteiger partial charge in [0, 0.05) is 6.54 Å². The van der Waals surface area contributed by atoms with Gasteiger partial charge in [-0.15, -0.1) is 0 Å². The second-order valence-corrected chi connectivity index (χ2v) is 2.78. The summed E-state index contributed by atoms with van der Waals surface area (Å²) in [6.07, 6.45) is 0. The van der Waals surface area contributed by atoms with Crippen LogP contribution < -0.4 is 16.6 Å². The molecule has 4 N–H and O–H groups in total. The van der Waals surface area contributed by atoms with Crippen molar-refractivity contribution in [1.82, 2.24) is 10.7 Å². The molecule has 5 nitrogen and oxygen atoms in total. The van der Waals surface area contributed by atoms with Gasteiger partial charge >= 0.3 is 11.8 Å². The van der Waals surface area contributed by atoms with Crippen LogP contribution in [0.3, 0.4) is 0 Å². The molecule has 0 unspecified atom stereocenters. The van der Waals surface area contributed by atoms with Crippen LogP contribution in [0.25, 0.3) is 0 Å². The maximum Gasteiger partial charge on any atom is 0.323 e. The summed E-state index contributed by atoms with van der Waals surface area (Å²) in [4.78, 5) is 21.6. The Bertz CT molecular complexity index is 364. The maximum absolute atomic E-state index is 12.5. The molecule has 0 aromatic heterocycles. The Labute approximate surface area is 85.4 Å². The van der Waals surface area contributed by atoms with Gasteiger partial charge in [-0.25, -0.2) is 10.2 Å². The van der Waals surface area contributed by atoms with Gasteiger partial charge in [0.05, 0.1) is 0 Å². The molecule has 0 atom stereocenters. The van der Waals surface area contributed by atoms with Gasteiger partial charge in [-0.05, 0) is 17.7 Å². The standard InChI is InChI=1S/C9H10FN3O2/c10-7-3-1-6(2-4-7)5-12-8(14)9(15)13-11/h1-4H,5,11H2,(H,12,14)(H,13,15). The molecule has 6 heteroatoms. The van der Waals surface area contributed by atoms with Crippen molar-refractivity contribution in [1.29, 1.82) is 0 Å². The number of amides is 2. The maximum atomic E-state index is 12.5. The van der Waals surface area contributed by atoms with E-state index < -0.39 is 11.8 Å². The van der Waals surface area contributed by atoms with E-state index in [-0.39, 0.29) is 12.4 Å². The minimum absolute atomic E-state index is 0.145. The first-order valence-corrected chi connectivity index (χ1v) is 4.16. The van der Waals surface area contributed by atoms with E-state index in [4.69, 9.17) is 5.84 Å². The molecule has 0 radical (unpaired) electrons. The molecule has 0 fully saturated rings. The Morgan fingerprint density at radius 3 is 2.33 bits per heavy atom. The number of halogens is 1. The topological polar surface area (TPSA) is 84.2 Å². The number of nitrogens with two attached hydrogens (primary N) is 1. The number of nitrogens with one attached hydrogen (secondary N) is 2. The molecule has 0 saturated carbocycles. The van der Waals surface area contributed by atoms with E-state index in [2.05, 4.69) is 5.32 Å². The number of carbonyl (C=O) groups excluding carboxylic acids is 2. The first-order chi connectivity index (χ1) is 7.13. The number of hydrogen-bond donors (Lipinski definition) is 3. The number of hydrogen-bond acceptors (Lipinski definition) is 3. The first kappa shape index (κ1) is 11.1. The highest BCUT2D eigenvalue weighted by atomic mass is 19.1. The summed E-state index contributed by atoms with van der Waals surface area (Å²) in [5, 5.41) is 2.32. The summed E-state index contributed by atoms with van der Waals surface area (Å²) in [5.41, 5.74) is 2.39. The minimum atomic E-state index is -0.919. The minimum Gasteiger partial charge on any atom is -0.344 e. The largest absolute Gasteiger partial charge is 0.344 e. The van der Waals surface area contributed by atoms with Crippen LogP contribution in [0.1, 0.15) is 5.56 Å². The van der Waals surface area contributed by atoms with Crippen molar-refractivity contribution >= 4 is 11.8 Å². The Morgan fingerprint density at radius 1 is 1.20 bits per heavy atom. The summed E-state index contributed by atoms with van der Waals surface area (Å²) < 4.78 is 12.5. The van der Waals surface area contributed by atoms with E-state index in [1.165, 1.54) is 24.3 Å². The van der Waals surface area contributed by atoms with Crippen molar-refractivity contribution in [2.75, 3.05) is 0 Å². The lowest BCUT2D eigenvalue weighted by Gasteiger charge is -2.03. The summed E-state index contributed by atoms with van der Waals surface area (Å²) in [6, 6.07) is 5.56. The van der Waals surface area contributed by atoms with Crippen molar-refractivity contribution in [2.45, 2.75) is 6.54 Å². The predicted molar refractivity (Wildman–Crippen MR) is 50.6 cm³/mol. The molecule has 0 aliphatic carbocycles. The molecule has 1 aromatic carbocycles. The van der Waals surface area contributed by atoms with Gasteiger partial charge in [-0.1, -0.05) is 12.1 Å². The van der Waals surface area contributed by atoms with E-state index in [1.807, 2.05) is 0 Å². The zero-order chi connectivity index (χ0) is 11.3. The molecule has 80 valence electrons. The van der Waals surface area contributed by atoms with Gasteiger partial charge in [-0.2, -0.15) is 0 Å². The van der Waals surface area contributed by atoms with Crippen molar-refractivity contribution < 1.29 is 14.0 Å². The fourth-order valence-electron chi connectivity index (χ4n) is 0.930. The molecule has 0 saturated heterocycles.